The van der Waals surface area contributed by atoms with Crippen LogP contribution < -0.4 is 10.6 Å². The highest BCUT2D eigenvalue weighted by Gasteiger charge is 2.33. The van der Waals surface area contributed by atoms with Crippen molar-refractivity contribution in [2.24, 2.45) is 5.92 Å². The molecule has 0 aromatic heterocycles. The number of sulfonamides is 1. The molecule has 12 heteroatoms. The molecule has 42 heavy (non-hydrogen) atoms. The Labute approximate surface area is 253 Å². The summed E-state index contributed by atoms with van der Waals surface area (Å²) in [4.78, 5) is 38.0. The number of halogens is 2. The average Bonchev–Trinajstić information content (AvgIpc) is 3.37. The second-order valence-electron chi connectivity index (χ2n) is 10.4. The van der Waals surface area contributed by atoms with E-state index in [1.165, 1.54) is 28.1 Å². The molecular weight excluding hydrogens is 601 g/mol. The van der Waals surface area contributed by atoms with Gasteiger partial charge in [0.2, 0.25) is 10.0 Å². The van der Waals surface area contributed by atoms with Crippen molar-refractivity contribution in [1.29, 1.82) is 0 Å². The highest BCUT2D eigenvalue weighted by molar-refractivity contribution is 7.89. The summed E-state index contributed by atoms with van der Waals surface area (Å²) in [6, 6.07) is 16.7. The van der Waals surface area contributed by atoms with Crippen LogP contribution in [0.4, 0.5) is 4.79 Å². The minimum atomic E-state index is -3.74. The van der Waals surface area contributed by atoms with Crippen LogP contribution in [-0.4, -0.2) is 48.7 Å². The lowest BCUT2D eigenvalue weighted by molar-refractivity contribution is -0.141. The van der Waals surface area contributed by atoms with Gasteiger partial charge in [-0.3, -0.25) is 9.59 Å². The predicted molar refractivity (Wildman–Crippen MR) is 158 cm³/mol. The maximum absolute atomic E-state index is 13.3. The molecule has 0 fully saturated rings. The van der Waals surface area contributed by atoms with Gasteiger partial charge in [0, 0.05) is 26.1 Å². The van der Waals surface area contributed by atoms with E-state index < -0.39 is 40.1 Å². The lowest BCUT2D eigenvalue weighted by Gasteiger charge is -2.29. The number of urea groups is 1. The summed E-state index contributed by atoms with van der Waals surface area (Å²) in [7, 11) is -3.74. The molecule has 5 rings (SSSR count). The number of hydrogen-bond donors (Lipinski definition) is 3. The molecule has 1 aliphatic carbocycles. The van der Waals surface area contributed by atoms with Crippen LogP contribution in [0.25, 0.3) is 0 Å². The Balaban J connectivity index is 1.25. The number of aryl methyl sites for hydroxylation is 1. The highest BCUT2D eigenvalue weighted by Crippen LogP contribution is 2.37. The maximum Gasteiger partial charge on any atom is 0.315 e. The quantitative estimate of drug-likeness (QED) is 0.285. The SMILES string of the molecule is O=C(NC[C@H](CC(=O)c1c(Cl)cc2c(c1Cl)CCN(S(=O)(=O)c1ccccc1)C2)C(=O)O)N[C@@H]1CCc2ccccc21. The fourth-order valence-corrected chi connectivity index (χ4v) is 7.78. The van der Waals surface area contributed by atoms with Crippen LogP contribution >= 0.6 is 23.2 Å². The summed E-state index contributed by atoms with van der Waals surface area (Å²) in [5.74, 6) is -3.04. The molecule has 0 bridgehead atoms. The van der Waals surface area contributed by atoms with E-state index in [1.54, 1.807) is 18.2 Å². The van der Waals surface area contributed by atoms with Crippen molar-refractivity contribution in [3.05, 3.63) is 98.5 Å². The van der Waals surface area contributed by atoms with Crippen molar-refractivity contribution in [1.82, 2.24) is 14.9 Å². The number of fused-ring (bicyclic) bond motifs is 2. The molecule has 2 amide bonds. The van der Waals surface area contributed by atoms with Gasteiger partial charge in [0.1, 0.15) is 0 Å². The van der Waals surface area contributed by atoms with E-state index in [0.29, 0.717) is 11.1 Å². The molecule has 2 aliphatic rings. The molecule has 9 nitrogen and oxygen atoms in total. The Morgan fingerprint density at radius 2 is 1.71 bits per heavy atom. The number of benzene rings is 3. The number of carbonyl (C=O) groups excluding carboxylic acids is 2. The summed E-state index contributed by atoms with van der Waals surface area (Å²) in [5, 5.41) is 15.3. The van der Waals surface area contributed by atoms with Gasteiger partial charge < -0.3 is 15.7 Å². The molecule has 0 unspecified atom stereocenters. The zero-order valence-electron chi connectivity index (χ0n) is 22.5. The molecular formula is C30H29Cl2N3O6S. The molecule has 2 atom stereocenters. The van der Waals surface area contributed by atoms with Crippen molar-refractivity contribution in [2.75, 3.05) is 13.1 Å². The van der Waals surface area contributed by atoms with Crippen molar-refractivity contribution >= 4 is 51.0 Å². The third-order valence-electron chi connectivity index (χ3n) is 7.76. The number of aliphatic carboxylic acids is 1. The van der Waals surface area contributed by atoms with Gasteiger partial charge in [-0.25, -0.2) is 13.2 Å². The standard InChI is InChI=1S/C30H29Cl2N3O6S/c31-24-14-20-17-35(42(40,41)21-7-2-1-3-8-21)13-12-23(20)28(32)27(24)26(36)15-19(29(37)38)16-33-30(39)34-25-11-10-18-6-4-5-9-22(18)25/h1-9,14,19,25H,10-13,15-17H2,(H,37,38)(H2,33,34,39)/t19-,25+/m0/s1. The van der Waals surface area contributed by atoms with E-state index in [9.17, 15) is 27.9 Å². The summed E-state index contributed by atoms with van der Waals surface area (Å²) in [5.41, 5.74) is 3.38. The largest absolute Gasteiger partial charge is 0.481 e. The monoisotopic (exact) mass is 629 g/mol. The van der Waals surface area contributed by atoms with E-state index >= 15 is 0 Å². The van der Waals surface area contributed by atoms with Gasteiger partial charge in [-0.1, -0.05) is 65.7 Å². The molecule has 0 saturated carbocycles. The van der Waals surface area contributed by atoms with Crippen molar-refractivity contribution in [3.63, 3.8) is 0 Å². The van der Waals surface area contributed by atoms with Gasteiger partial charge in [0.25, 0.3) is 0 Å². The molecule has 3 aromatic rings. The van der Waals surface area contributed by atoms with Crippen molar-refractivity contribution in [2.45, 2.75) is 43.2 Å². The molecule has 3 N–H and O–H groups in total. The number of ketones is 1. The molecule has 1 aliphatic heterocycles. The van der Waals surface area contributed by atoms with Gasteiger partial charge >= 0.3 is 12.0 Å². The third kappa shape index (κ3) is 6.17. The fourth-order valence-electron chi connectivity index (χ4n) is 5.53. The Kier molecular flexibility index (Phi) is 8.89. The lowest BCUT2D eigenvalue weighted by Crippen LogP contribution is -2.41. The first kappa shape index (κ1) is 30.0. The highest BCUT2D eigenvalue weighted by atomic mass is 35.5. The Morgan fingerprint density at radius 3 is 2.45 bits per heavy atom. The van der Waals surface area contributed by atoms with E-state index in [-0.39, 0.29) is 52.6 Å². The van der Waals surface area contributed by atoms with Crippen molar-refractivity contribution in [3.8, 4) is 0 Å². The number of carboxylic acid groups (broad SMARTS) is 1. The normalized spacial score (nSPS) is 17.1. The van der Waals surface area contributed by atoms with Crippen LogP contribution in [0.2, 0.25) is 10.0 Å². The second kappa shape index (κ2) is 12.4. The van der Waals surface area contributed by atoms with Gasteiger partial charge in [-0.2, -0.15) is 4.31 Å². The Hall–Kier alpha value is -3.44. The lowest BCUT2D eigenvalue weighted by atomic mass is 9.93. The number of nitrogens with zero attached hydrogens (tertiary/aromatic N) is 1. The summed E-state index contributed by atoms with van der Waals surface area (Å²) >= 11 is 13.1. The fraction of sp³-hybridized carbons (Fsp3) is 0.300. The average molecular weight is 631 g/mol. The number of amides is 2. The topological polar surface area (TPSA) is 133 Å². The maximum atomic E-state index is 13.3. The minimum absolute atomic E-state index is 0.00489. The zero-order chi connectivity index (χ0) is 30.0. The van der Waals surface area contributed by atoms with E-state index in [2.05, 4.69) is 10.6 Å². The summed E-state index contributed by atoms with van der Waals surface area (Å²) in [6.45, 7) is -0.0854. The summed E-state index contributed by atoms with van der Waals surface area (Å²) < 4.78 is 27.5. The number of carbonyl (C=O) groups is 3. The summed E-state index contributed by atoms with van der Waals surface area (Å²) in [6.07, 6.45) is 1.41. The molecule has 0 spiro atoms. The smallest absolute Gasteiger partial charge is 0.315 e. The van der Waals surface area contributed by atoms with Gasteiger partial charge in [0.15, 0.2) is 5.78 Å². The van der Waals surface area contributed by atoms with Crippen LogP contribution in [0.1, 0.15) is 51.5 Å². The minimum Gasteiger partial charge on any atom is -0.481 e. The van der Waals surface area contributed by atoms with Gasteiger partial charge in [-0.15, -0.1) is 0 Å². The zero-order valence-corrected chi connectivity index (χ0v) is 24.8. The molecule has 3 aromatic carbocycles. The van der Waals surface area contributed by atoms with E-state index in [0.717, 1.165) is 18.4 Å². The van der Waals surface area contributed by atoms with Crippen LogP contribution in [-0.2, 0) is 34.2 Å². The number of Topliss-reactive ketones (excluding diaryl/α,β-unsaturated/α-hetero) is 1. The van der Waals surface area contributed by atoms with Crippen LogP contribution in [0.5, 0.6) is 0 Å². The number of carboxylic acids is 1. The first-order valence-corrected chi connectivity index (χ1v) is 15.7. The number of nitrogens with one attached hydrogen (secondary N) is 2. The first-order valence-electron chi connectivity index (χ1n) is 13.5. The first-order chi connectivity index (χ1) is 20.1. The molecule has 220 valence electrons. The molecule has 0 radical (unpaired) electrons. The van der Waals surface area contributed by atoms with Crippen LogP contribution in [0.3, 0.4) is 0 Å². The van der Waals surface area contributed by atoms with Crippen LogP contribution in [0, 0.1) is 5.92 Å². The Morgan fingerprint density at radius 1 is 1.00 bits per heavy atom. The second-order valence-corrected chi connectivity index (χ2v) is 13.1. The number of hydrogen-bond acceptors (Lipinski definition) is 5. The molecule has 0 saturated heterocycles. The van der Waals surface area contributed by atoms with Crippen molar-refractivity contribution < 1.29 is 27.9 Å². The Bertz CT molecular complexity index is 1650. The predicted octanol–water partition coefficient (Wildman–Crippen LogP) is 5.00. The number of rotatable bonds is 9. The van der Waals surface area contributed by atoms with Gasteiger partial charge in [0.05, 0.1) is 32.5 Å². The molecule has 1 heterocycles. The van der Waals surface area contributed by atoms with Gasteiger partial charge in [-0.05, 0) is 59.7 Å². The van der Waals surface area contributed by atoms with E-state index in [1.807, 2.05) is 24.3 Å². The van der Waals surface area contributed by atoms with Crippen LogP contribution in [0.15, 0.2) is 65.6 Å². The third-order valence-corrected chi connectivity index (χ3v) is 10.3. The van der Waals surface area contributed by atoms with E-state index in [4.69, 9.17) is 23.2 Å².